The number of hydrogen-bond donors (Lipinski definition) is 2. The van der Waals surface area contributed by atoms with E-state index in [1.165, 1.54) is 12.1 Å². The van der Waals surface area contributed by atoms with Gasteiger partial charge in [0.2, 0.25) is 0 Å². The van der Waals surface area contributed by atoms with Crippen LogP contribution in [0.15, 0.2) is 12.1 Å². The average molecular weight is 298 g/mol. The minimum Gasteiger partial charge on any atom is -0.507 e. The Morgan fingerprint density at radius 1 is 1.50 bits per heavy atom. The third-order valence-corrected chi connectivity index (χ3v) is 2.44. The topological polar surface area (TPSA) is 57.5 Å². The van der Waals surface area contributed by atoms with Gasteiger partial charge < -0.3 is 10.2 Å². The van der Waals surface area contributed by atoms with Crippen LogP contribution in [-0.4, -0.2) is 16.2 Å². The first-order valence-corrected chi connectivity index (χ1v) is 4.39. The maximum absolute atomic E-state index is 10.5. The number of halogens is 2. The standard InChI is InChI=1S/C7H4ClIO3/c8-4-2-6(10)5(9)1-3(4)7(11)12/h1-2,10H,(H,11,12). The molecule has 0 atom stereocenters. The second-order valence-corrected chi connectivity index (χ2v) is 3.66. The SMILES string of the molecule is O=C(O)c1cc(I)c(O)cc1Cl. The maximum atomic E-state index is 10.5. The van der Waals surface area contributed by atoms with Crippen LogP contribution in [0.5, 0.6) is 5.75 Å². The predicted molar refractivity (Wildman–Crippen MR) is 52.8 cm³/mol. The average Bonchev–Trinajstić information content (AvgIpc) is 1.96. The smallest absolute Gasteiger partial charge is 0.337 e. The van der Waals surface area contributed by atoms with Crippen molar-refractivity contribution < 1.29 is 15.0 Å². The van der Waals surface area contributed by atoms with Crippen LogP contribution < -0.4 is 0 Å². The molecule has 0 aliphatic rings. The normalized spacial score (nSPS) is 9.83. The van der Waals surface area contributed by atoms with E-state index in [0.717, 1.165) is 0 Å². The Morgan fingerprint density at radius 2 is 2.08 bits per heavy atom. The van der Waals surface area contributed by atoms with E-state index in [1.807, 2.05) is 22.6 Å². The van der Waals surface area contributed by atoms with Crippen molar-refractivity contribution >= 4 is 40.2 Å². The van der Waals surface area contributed by atoms with Crippen molar-refractivity contribution in [1.29, 1.82) is 0 Å². The molecular formula is C7H4ClIO3. The first-order valence-electron chi connectivity index (χ1n) is 2.93. The summed E-state index contributed by atoms with van der Waals surface area (Å²) >= 11 is 7.38. The van der Waals surface area contributed by atoms with Crippen LogP contribution >= 0.6 is 34.2 Å². The van der Waals surface area contributed by atoms with Crippen LogP contribution in [-0.2, 0) is 0 Å². The Balaban J connectivity index is 3.33. The molecule has 3 nitrogen and oxygen atoms in total. The van der Waals surface area contributed by atoms with Gasteiger partial charge in [0.15, 0.2) is 0 Å². The van der Waals surface area contributed by atoms with E-state index in [4.69, 9.17) is 21.8 Å². The first kappa shape index (κ1) is 9.60. The van der Waals surface area contributed by atoms with Crippen molar-refractivity contribution in [2.75, 3.05) is 0 Å². The van der Waals surface area contributed by atoms with Gasteiger partial charge in [0, 0.05) is 6.07 Å². The Kier molecular flexibility index (Phi) is 2.79. The van der Waals surface area contributed by atoms with Crippen LogP contribution in [0.3, 0.4) is 0 Å². The quantitative estimate of drug-likeness (QED) is 0.783. The summed E-state index contributed by atoms with van der Waals surface area (Å²) < 4.78 is 0.467. The summed E-state index contributed by atoms with van der Waals surface area (Å²) in [6, 6.07) is 2.54. The third-order valence-electron chi connectivity index (χ3n) is 1.27. The molecule has 64 valence electrons. The molecular weight excluding hydrogens is 294 g/mol. The fourth-order valence-electron chi connectivity index (χ4n) is 0.700. The van der Waals surface area contributed by atoms with Gasteiger partial charge in [0.25, 0.3) is 0 Å². The van der Waals surface area contributed by atoms with Crippen molar-refractivity contribution in [1.82, 2.24) is 0 Å². The van der Waals surface area contributed by atoms with Crippen molar-refractivity contribution in [2.45, 2.75) is 0 Å². The number of phenols is 1. The summed E-state index contributed by atoms with van der Waals surface area (Å²) in [5.74, 6) is -1.11. The molecule has 0 aliphatic heterocycles. The van der Waals surface area contributed by atoms with Crippen molar-refractivity contribution in [3.05, 3.63) is 26.3 Å². The molecule has 0 radical (unpaired) electrons. The van der Waals surface area contributed by atoms with Gasteiger partial charge in [-0.2, -0.15) is 0 Å². The van der Waals surface area contributed by atoms with E-state index in [9.17, 15) is 4.79 Å². The summed E-state index contributed by atoms with van der Waals surface area (Å²) in [7, 11) is 0. The molecule has 1 rings (SSSR count). The zero-order valence-corrected chi connectivity index (χ0v) is 8.63. The molecule has 0 saturated heterocycles. The molecule has 2 N–H and O–H groups in total. The summed E-state index contributed by atoms with van der Waals surface area (Å²) in [5.41, 5.74) is -0.00105. The Hall–Kier alpha value is -0.490. The number of carbonyl (C=O) groups is 1. The lowest BCUT2D eigenvalue weighted by Crippen LogP contribution is -1.97. The first-order chi connectivity index (χ1) is 5.52. The van der Waals surface area contributed by atoms with E-state index in [-0.39, 0.29) is 16.3 Å². The van der Waals surface area contributed by atoms with Gasteiger partial charge in [-0.1, -0.05) is 11.6 Å². The number of carboxylic acid groups (broad SMARTS) is 1. The van der Waals surface area contributed by atoms with Gasteiger partial charge in [-0.3, -0.25) is 0 Å². The largest absolute Gasteiger partial charge is 0.507 e. The molecule has 0 aliphatic carbocycles. The van der Waals surface area contributed by atoms with Crippen LogP contribution in [0.25, 0.3) is 0 Å². The predicted octanol–water partition coefficient (Wildman–Crippen LogP) is 2.35. The van der Waals surface area contributed by atoms with Gasteiger partial charge in [0.05, 0.1) is 14.2 Å². The molecule has 12 heavy (non-hydrogen) atoms. The zero-order chi connectivity index (χ0) is 9.30. The minimum atomic E-state index is -1.10. The second kappa shape index (κ2) is 3.49. The molecule has 5 heteroatoms. The highest BCUT2D eigenvalue weighted by atomic mass is 127. The highest BCUT2D eigenvalue weighted by Gasteiger charge is 2.11. The van der Waals surface area contributed by atoms with Crippen LogP contribution in [0.2, 0.25) is 5.02 Å². The molecule has 0 heterocycles. The monoisotopic (exact) mass is 298 g/mol. The molecule has 0 saturated carbocycles. The Morgan fingerprint density at radius 3 is 2.58 bits per heavy atom. The number of aromatic hydroxyl groups is 1. The molecule has 1 aromatic carbocycles. The zero-order valence-electron chi connectivity index (χ0n) is 5.71. The second-order valence-electron chi connectivity index (χ2n) is 2.09. The van der Waals surface area contributed by atoms with Gasteiger partial charge in [-0.15, -0.1) is 0 Å². The number of benzene rings is 1. The minimum absolute atomic E-state index is 0.00105. The highest BCUT2D eigenvalue weighted by molar-refractivity contribution is 14.1. The fraction of sp³-hybridized carbons (Fsp3) is 0. The Labute approximate surface area is 87.1 Å². The van der Waals surface area contributed by atoms with Crippen molar-refractivity contribution in [2.24, 2.45) is 0 Å². The van der Waals surface area contributed by atoms with E-state index in [1.54, 1.807) is 0 Å². The van der Waals surface area contributed by atoms with Crippen molar-refractivity contribution in [3.8, 4) is 5.75 Å². The summed E-state index contributed by atoms with van der Waals surface area (Å²) in [5, 5.41) is 17.8. The molecule has 0 bridgehead atoms. The van der Waals surface area contributed by atoms with Crippen LogP contribution in [0.1, 0.15) is 10.4 Å². The third kappa shape index (κ3) is 1.81. The molecule has 0 spiro atoms. The summed E-state index contributed by atoms with van der Waals surface area (Å²) in [6.45, 7) is 0. The number of phenolic OH excluding ortho intramolecular Hbond substituents is 1. The number of hydrogen-bond acceptors (Lipinski definition) is 2. The van der Waals surface area contributed by atoms with Crippen molar-refractivity contribution in [3.63, 3.8) is 0 Å². The summed E-state index contributed by atoms with van der Waals surface area (Å²) in [4.78, 5) is 10.5. The summed E-state index contributed by atoms with van der Waals surface area (Å²) in [6.07, 6.45) is 0. The van der Waals surface area contributed by atoms with E-state index >= 15 is 0 Å². The Bertz CT molecular complexity index is 338. The van der Waals surface area contributed by atoms with E-state index in [0.29, 0.717) is 3.57 Å². The lowest BCUT2D eigenvalue weighted by molar-refractivity contribution is 0.0697. The number of aromatic carboxylic acids is 1. The highest BCUT2D eigenvalue weighted by Crippen LogP contribution is 2.27. The molecule has 0 aromatic heterocycles. The molecule has 0 fully saturated rings. The van der Waals surface area contributed by atoms with E-state index < -0.39 is 5.97 Å². The molecule has 0 unspecified atom stereocenters. The lowest BCUT2D eigenvalue weighted by Gasteiger charge is -2.01. The number of rotatable bonds is 1. The maximum Gasteiger partial charge on any atom is 0.337 e. The van der Waals surface area contributed by atoms with Gasteiger partial charge in [0.1, 0.15) is 5.75 Å². The molecule has 0 amide bonds. The van der Waals surface area contributed by atoms with Gasteiger partial charge in [-0.25, -0.2) is 4.79 Å². The van der Waals surface area contributed by atoms with E-state index in [2.05, 4.69) is 0 Å². The van der Waals surface area contributed by atoms with Crippen LogP contribution in [0, 0.1) is 3.57 Å². The van der Waals surface area contributed by atoms with Gasteiger partial charge in [-0.05, 0) is 28.7 Å². The number of carboxylic acids is 1. The lowest BCUT2D eigenvalue weighted by atomic mass is 10.2. The van der Waals surface area contributed by atoms with Crippen LogP contribution in [0.4, 0.5) is 0 Å². The van der Waals surface area contributed by atoms with Gasteiger partial charge >= 0.3 is 5.97 Å². The molecule has 1 aromatic rings. The fourth-order valence-corrected chi connectivity index (χ4v) is 1.41.